The number of nitrogens with zero attached hydrogens (tertiary/aromatic N) is 2. The van der Waals surface area contributed by atoms with Crippen LogP contribution in [0.5, 0.6) is 0 Å². The van der Waals surface area contributed by atoms with Crippen LogP contribution >= 0.6 is 11.6 Å². The third kappa shape index (κ3) is 3.44. The van der Waals surface area contributed by atoms with Crippen LogP contribution in [0.15, 0.2) is 36.5 Å². The van der Waals surface area contributed by atoms with Gasteiger partial charge in [0, 0.05) is 22.8 Å². The molecule has 2 rings (SSSR count). The van der Waals surface area contributed by atoms with E-state index >= 15 is 0 Å². The predicted octanol–water partition coefficient (Wildman–Crippen LogP) is 3.93. The van der Waals surface area contributed by atoms with Gasteiger partial charge < -0.3 is 0 Å². The first kappa shape index (κ1) is 13.8. The van der Waals surface area contributed by atoms with Crippen molar-refractivity contribution in [3.05, 3.63) is 52.8 Å². The molecule has 0 saturated heterocycles. The molecule has 1 aromatic carbocycles. The highest BCUT2D eigenvalue weighted by Crippen LogP contribution is 2.13. The van der Waals surface area contributed by atoms with Crippen LogP contribution in [-0.4, -0.2) is 15.6 Å². The molecular weight excluding hydrogens is 260 g/mol. The van der Waals surface area contributed by atoms with Crippen LogP contribution in [0.4, 0.5) is 0 Å². The van der Waals surface area contributed by atoms with Crippen LogP contribution in [0.2, 0.25) is 5.02 Å². The van der Waals surface area contributed by atoms with Crippen LogP contribution in [0, 0.1) is 0 Å². The number of hydrogen-bond acceptors (Lipinski definition) is 2. The van der Waals surface area contributed by atoms with Crippen molar-refractivity contribution in [2.75, 3.05) is 0 Å². The Labute approximate surface area is 118 Å². The molecule has 1 aromatic heterocycles. The third-order valence-corrected chi connectivity index (χ3v) is 3.47. The zero-order valence-electron chi connectivity index (χ0n) is 11.1. The van der Waals surface area contributed by atoms with Gasteiger partial charge in [-0.1, -0.05) is 18.5 Å². The van der Waals surface area contributed by atoms with Crippen molar-refractivity contribution in [1.82, 2.24) is 9.78 Å². The van der Waals surface area contributed by atoms with Crippen LogP contribution in [0.1, 0.15) is 42.4 Å². The topological polar surface area (TPSA) is 34.9 Å². The second-order valence-electron chi connectivity index (χ2n) is 4.65. The molecular formula is C15H17ClN2O. The summed E-state index contributed by atoms with van der Waals surface area (Å²) in [6.45, 7) is 4.22. The fourth-order valence-corrected chi connectivity index (χ4v) is 1.93. The fraction of sp³-hybridized carbons (Fsp3) is 0.333. The molecule has 0 bridgehead atoms. The Kier molecular flexibility index (Phi) is 4.38. The second-order valence-corrected chi connectivity index (χ2v) is 5.09. The average molecular weight is 277 g/mol. The van der Waals surface area contributed by atoms with E-state index < -0.39 is 0 Å². The smallest absolute Gasteiger partial charge is 0.168 e. The summed E-state index contributed by atoms with van der Waals surface area (Å²) in [5.41, 5.74) is 1.47. The Morgan fingerprint density at radius 1 is 1.32 bits per heavy atom. The number of benzene rings is 1. The molecule has 0 spiro atoms. The molecule has 0 aliphatic heterocycles. The zero-order valence-corrected chi connectivity index (χ0v) is 11.9. The van der Waals surface area contributed by atoms with Gasteiger partial charge in [-0.15, -0.1) is 0 Å². The summed E-state index contributed by atoms with van der Waals surface area (Å²) in [5, 5.41) is 5.07. The molecule has 1 atom stereocenters. The van der Waals surface area contributed by atoms with Gasteiger partial charge >= 0.3 is 0 Å². The van der Waals surface area contributed by atoms with Crippen LogP contribution in [-0.2, 0) is 6.42 Å². The molecule has 4 heteroatoms. The van der Waals surface area contributed by atoms with Crippen molar-refractivity contribution in [3.63, 3.8) is 0 Å². The summed E-state index contributed by atoms with van der Waals surface area (Å²) in [6, 6.07) is 9.21. The van der Waals surface area contributed by atoms with Gasteiger partial charge in [0.1, 0.15) is 0 Å². The van der Waals surface area contributed by atoms with Crippen LogP contribution in [0.3, 0.4) is 0 Å². The van der Waals surface area contributed by atoms with Crippen molar-refractivity contribution in [1.29, 1.82) is 0 Å². The van der Waals surface area contributed by atoms with E-state index in [4.69, 9.17) is 11.6 Å². The number of ketones is 1. The minimum Gasteiger partial charge on any atom is -0.294 e. The van der Waals surface area contributed by atoms with Gasteiger partial charge in [0.25, 0.3) is 0 Å². The normalized spacial score (nSPS) is 12.4. The first-order valence-electron chi connectivity index (χ1n) is 6.43. The number of Topliss-reactive ketones (excluding diaryl/α,β-unsaturated/α-hetero) is 1. The molecule has 0 aliphatic carbocycles. The Balaban J connectivity index is 2.06. The fourth-order valence-electron chi connectivity index (χ4n) is 1.81. The van der Waals surface area contributed by atoms with Gasteiger partial charge in [0.05, 0.1) is 12.1 Å². The van der Waals surface area contributed by atoms with Crippen molar-refractivity contribution in [2.24, 2.45) is 0 Å². The molecule has 0 N–H and O–H groups in total. The van der Waals surface area contributed by atoms with Gasteiger partial charge in [-0.05, 0) is 43.7 Å². The van der Waals surface area contributed by atoms with Crippen LogP contribution < -0.4 is 0 Å². The average Bonchev–Trinajstić information content (AvgIpc) is 2.87. The minimum atomic E-state index is 0.0612. The van der Waals surface area contributed by atoms with Crippen molar-refractivity contribution >= 4 is 17.4 Å². The Morgan fingerprint density at radius 2 is 2.00 bits per heavy atom. The summed E-state index contributed by atoms with van der Waals surface area (Å²) < 4.78 is 1.91. The van der Waals surface area contributed by atoms with Gasteiger partial charge in [0.2, 0.25) is 0 Å². The van der Waals surface area contributed by atoms with E-state index in [0.717, 1.165) is 12.1 Å². The molecule has 19 heavy (non-hydrogen) atoms. The Morgan fingerprint density at radius 3 is 2.63 bits per heavy atom. The molecule has 0 amide bonds. The lowest BCUT2D eigenvalue weighted by atomic mass is 10.1. The maximum atomic E-state index is 12.1. The molecule has 0 saturated carbocycles. The monoisotopic (exact) mass is 276 g/mol. The largest absolute Gasteiger partial charge is 0.294 e. The van der Waals surface area contributed by atoms with Crippen molar-refractivity contribution in [3.8, 4) is 0 Å². The van der Waals surface area contributed by atoms with E-state index in [2.05, 4.69) is 18.9 Å². The summed E-state index contributed by atoms with van der Waals surface area (Å²) in [4.78, 5) is 12.1. The molecule has 0 radical (unpaired) electrons. The highest BCUT2D eigenvalue weighted by atomic mass is 35.5. The molecule has 2 aromatic rings. The Hall–Kier alpha value is -1.61. The molecule has 1 unspecified atom stereocenters. The number of hydrogen-bond donors (Lipinski definition) is 0. The first-order valence-corrected chi connectivity index (χ1v) is 6.80. The molecule has 0 aliphatic rings. The molecule has 1 heterocycles. The number of aromatic nitrogens is 2. The van der Waals surface area contributed by atoms with Crippen molar-refractivity contribution < 1.29 is 4.79 Å². The second kappa shape index (κ2) is 6.02. The van der Waals surface area contributed by atoms with Crippen LogP contribution in [0.25, 0.3) is 0 Å². The SMILES string of the molecule is CCC(C)n1ccc(CC(=O)c2ccc(Cl)cc2)n1. The Bertz CT molecular complexity index is 560. The molecule has 100 valence electrons. The summed E-state index contributed by atoms with van der Waals surface area (Å²) >= 11 is 5.80. The van der Waals surface area contributed by atoms with Gasteiger partial charge in [-0.25, -0.2) is 0 Å². The lowest BCUT2D eigenvalue weighted by Gasteiger charge is -2.08. The van der Waals surface area contributed by atoms with Gasteiger partial charge in [-0.2, -0.15) is 5.10 Å². The quantitative estimate of drug-likeness (QED) is 0.776. The molecule has 0 fully saturated rings. The summed E-state index contributed by atoms with van der Waals surface area (Å²) in [6.07, 6.45) is 3.27. The third-order valence-electron chi connectivity index (χ3n) is 3.21. The van der Waals surface area contributed by atoms with E-state index in [1.807, 2.05) is 16.9 Å². The number of halogens is 1. The summed E-state index contributed by atoms with van der Waals surface area (Å²) in [5.74, 6) is 0.0612. The van der Waals surface area contributed by atoms with E-state index in [0.29, 0.717) is 23.0 Å². The van der Waals surface area contributed by atoms with Gasteiger partial charge in [0.15, 0.2) is 5.78 Å². The highest BCUT2D eigenvalue weighted by Gasteiger charge is 2.10. The maximum Gasteiger partial charge on any atom is 0.168 e. The predicted molar refractivity (Wildman–Crippen MR) is 76.7 cm³/mol. The summed E-state index contributed by atoms with van der Waals surface area (Å²) in [7, 11) is 0. The van der Waals surface area contributed by atoms with E-state index in [9.17, 15) is 4.79 Å². The number of rotatable bonds is 5. The van der Waals surface area contributed by atoms with Crippen molar-refractivity contribution in [2.45, 2.75) is 32.7 Å². The zero-order chi connectivity index (χ0) is 13.8. The number of carbonyl (C=O) groups excluding carboxylic acids is 1. The number of carbonyl (C=O) groups is 1. The van der Waals surface area contributed by atoms with Gasteiger partial charge in [-0.3, -0.25) is 9.48 Å². The van der Waals surface area contributed by atoms with E-state index in [1.54, 1.807) is 24.3 Å². The first-order chi connectivity index (χ1) is 9.10. The lowest BCUT2D eigenvalue weighted by molar-refractivity contribution is 0.0991. The van der Waals surface area contributed by atoms with E-state index in [1.165, 1.54) is 0 Å². The molecule has 3 nitrogen and oxygen atoms in total. The minimum absolute atomic E-state index is 0.0612. The highest BCUT2D eigenvalue weighted by molar-refractivity contribution is 6.30. The van der Waals surface area contributed by atoms with E-state index in [-0.39, 0.29) is 5.78 Å². The maximum absolute atomic E-state index is 12.1. The lowest BCUT2D eigenvalue weighted by Crippen LogP contribution is -2.07. The standard InChI is InChI=1S/C15H17ClN2O/c1-3-11(2)18-9-8-14(17-18)10-15(19)12-4-6-13(16)7-5-12/h4-9,11H,3,10H2,1-2H3.